The van der Waals surface area contributed by atoms with Crippen LogP contribution in [0.3, 0.4) is 0 Å². The van der Waals surface area contributed by atoms with Gasteiger partial charge in [-0.3, -0.25) is 0 Å². The number of ether oxygens (including phenoxy) is 1. The zero-order chi connectivity index (χ0) is 23.1. The van der Waals surface area contributed by atoms with E-state index in [1.807, 2.05) is 12.1 Å². The number of fused-ring (bicyclic) bond motifs is 3. The second-order valence-electron chi connectivity index (χ2n) is 7.17. The van der Waals surface area contributed by atoms with Gasteiger partial charge in [0.1, 0.15) is 5.75 Å². The molecule has 0 aliphatic carbocycles. The molecule has 3 N–H and O–H groups in total. The van der Waals surface area contributed by atoms with Gasteiger partial charge < -0.3 is 24.8 Å². The van der Waals surface area contributed by atoms with Gasteiger partial charge in [0.15, 0.2) is 0 Å². The summed E-state index contributed by atoms with van der Waals surface area (Å²) in [4.78, 5) is 18.2. The van der Waals surface area contributed by atoms with Crippen molar-refractivity contribution in [1.29, 1.82) is 0 Å². The molecule has 3 aromatic carbocycles. The Kier molecular flexibility index (Phi) is 7.46. The number of aryl methyl sites for hydroxylation is 1. The van der Waals surface area contributed by atoms with Crippen LogP contribution in [0.4, 0.5) is 0 Å². The molecular formula is C25H26N2O5. The number of rotatable bonds is 6. The van der Waals surface area contributed by atoms with Gasteiger partial charge in [0.05, 0.1) is 7.11 Å². The first-order valence-electron chi connectivity index (χ1n) is 10.2. The Morgan fingerprint density at radius 2 is 1.44 bits per heavy atom. The van der Waals surface area contributed by atoms with Crippen LogP contribution in [-0.4, -0.2) is 33.8 Å². The number of hydrogen-bond acceptors (Lipinski definition) is 4. The average molecular weight is 434 g/mol. The molecule has 0 saturated carbocycles. The molecule has 0 atom stereocenters. The maximum atomic E-state index is 9.10. The third-order valence-corrected chi connectivity index (χ3v) is 5.15. The quantitative estimate of drug-likeness (QED) is 0.392. The number of benzene rings is 3. The van der Waals surface area contributed by atoms with Crippen LogP contribution in [0.2, 0.25) is 0 Å². The van der Waals surface area contributed by atoms with E-state index in [2.05, 4.69) is 71.4 Å². The lowest BCUT2D eigenvalue weighted by Gasteiger charge is -2.07. The molecule has 0 aliphatic heterocycles. The fourth-order valence-electron chi connectivity index (χ4n) is 3.65. The molecule has 4 aromatic rings. The first-order valence-corrected chi connectivity index (χ1v) is 10.2. The molecule has 0 amide bonds. The Morgan fingerprint density at radius 1 is 0.844 bits per heavy atom. The van der Waals surface area contributed by atoms with E-state index in [1.165, 1.54) is 32.9 Å². The van der Waals surface area contributed by atoms with Crippen molar-refractivity contribution in [2.75, 3.05) is 7.11 Å². The normalized spacial score (nSPS) is 10.6. The van der Waals surface area contributed by atoms with Gasteiger partial charge in [-0.15, -0.1) is 0 Å². The van der Waals surface area contributed by atoms with Crippen LogP contribution in [0, 0.1) is 0 Å². The fraction of sp³-hybridized carbons (Fsp3) is 0.200. The lowest BCUT2D eigenvalue weighted by Crippen LogP contribution is -2.12. The molecule has 0 bridgehead atoms. The fourth-order valence-corrected chi connectivity index (χ4v) is 3.65. The summed E-state index contributed by atoms with van der Waals surface area (Å²) in [5.74, 6) is -2.75. The van der Waals surface area contributed by atoms with Crippen LogP contribution < -0.4 is 10.1 Å². The van der Waals surface area contributed by atoms with Gasteiger partial charge in [-0.1, -0.05) is 36.4 Å². The van der Waals surface area contributed by atoms with E-state index in [0.717, 1.165) is 25.4 Å². The summed E-state index contributed by atoms with van der Waals surface area (Å²) in [6.07, 6.45) is 0. The molecule has 4 rings (SSSR count). The predicted octanol–water partition coefficient (Wildman–Crippen LogP) is 4.27. The minimum Gasteiger partial charge on any atom is -0.497 e. The molecular weight excluding hydrogens is 408 g/mol. The van der Waals surface area contributed by atoms with Gasteiger partial charge in [-0.2, -0.15) is 0 Å². The second kappa shape index (κ2) is 10.5. The van der Waals surface area contributed by atoms with Crippen molar-refractivity contribution >= 4 is 33.7 Å². The van der Waals surface area contributed by atoms with Gasteiger partial charge in [-0.05, 0) is 48.4 Å². The Hall–Kier alpha value is -3.84. The summed E-state index contributed by atoms with van der Waals surface area (Å²) in [5.41, 5.74) is 5.19. The highest BCUT2D eigenvalue weighted by Crippen LogP contribution is 2.29. The van der Waals surface area contributed by atoms with Crippen molar-refractivity contribution in [3.8, 4) is 5.75 Å². The van der Waals surface area contributed by atoms with Crippen molar-refractivity contribution in [2.24, 2.45) is 0 Å². The molecule has 32 heavy (non-hydrogen) atoms. The summed E-state index contributed by atoms with van der Waals surface area (Å²) >= 11 is 0. The topological polar surface area (TPSA) is 101 Å². The smallest absolute Gasteiger partial charge is 0.414 e. The third kappa shape index (κ3) is 5.25. The monoisotopic (exact) mass is 434 g/mol. The Morgan fingerprint density at radius 3 is 2.06 bits per heavy atom. The molecule has 0 unspecified atom stereocenters. The molecule has 0 fully saturated rings. The molecule has 0 radical (unpaired) electrons. The molecule has 1 heterocycles. The van der Waals surface area contributed by atoms with Crippen LogP contribution in [0.1, 0.15) is 18.1 Å². The lowest BCUT2D eigenvalue weighted by molar-refractivity contribution is -0.159. The summed E-state index contributed by atoms with van der Waals surface area (Å²) in [6, 6.07) is 23.7. The van der Waals surface area contributed by atoms with Gasteiger partial charge in [0, 0.05) is 41.4 Å². The van der Waals surface area contributed by atoms with Gasteiger partial charge in [-0.25, -0.2) is 9.59 Å². The van der Waals surface area contributed by atoms with Crippen molar-refractivity contribution in [2.45, 2.75) is 26.6 Å². The Labute approximate surface area is 185 Å². The number of nitrogens with one attached hydrogen (secondary N) is 1. The standard InChI is InChI=1S/C23H24N2O.C2H2O4/c1-3-25-22-7-5-4-6-20(22)21-14-18(10-13-23(21)25)16-24-15-17-8-11-19(26-2)12-9-17;3-1(4)2(5)6/h4-14,24H,3,15-16H2,1-2H3;(H,3,4)(H,5,6). The summed E-state index contributed by atoms with van der Waals surface area (Å²) < 4.78 is 7.60. The zero-order valence-electron chi connectivity index (χ0n) is 18.0. The van der Waals surface area contributed by atoms with Gasteiger partial charge in [0.25, 0.3) is 0 Å². The number of carbonyl (C=O) groups is 2. The van der Waals surface area contributed by atoms with E-state index in [0.29, 0.717) is 0 Å². The van der Waals surface area contributed by atoms with E-state index < -0.39 is 11.9 Å². The van der Waals surface area contributed by atoms with Crippen LogP contribution >= 0.6 is 0 Å². The predicted molar refractivity (Wildman–Crippen MR) is 124 cm³/mol. The number of nitrogens with zero attached hydrogens (tertiary/aromatic N) is 1. The number of para-hydroxylation sites is 1. The summed E-state index contributed by atoms with van der Waals surface area (Å²) in [5, 5.41) is 21.0. The van der Waals surface area contributed by atoms with Crippen LogP contribution in [0.25, 0.3) is 21.8 Å². The number of carboxylic acid groups (broad SMARTS) is 2. The van der Waals surface area contributed by atoms with Crippen LogP contribution in [-0.2, 0) is 29.2 Å². The molecule has 0 spiro atoms. The van der Waals surface area contributed by atoms with E-state index in [4.69, 9.17) is 24.5 Å². The molecule has 0 saturated heterocycles. The molecule has 1 aromatic heterocycles. The van der Waals surface area contributed by atoms with Crippen LogP contribution in [0.5, 0.6) is 5.75 Å². The largest absolute Gasteiger partial charge is 0.497 e. The highest BCUT2D eigenvalue weighted by atomic mass is 16.5. The maximum absolute atomic E-state index is 9.10. The zero-order valence-corrected chi connectivity index (χ0v) is 18.0. The van der Waals surface area contributed by atoms with E-state index >= 15 is 0 Å². The second-order valence-corrected chi connectivity index (χ2v) is 7.17. The Bertz CT molecular complexity index is 1220. The first kappa shape index (κ1) is 22.8. The number of methoxy groups -OCH3 is 1. The minimum absolute atomic E-state index is 0.846. The summed E-state index contributed by atoms with van der Waals surface area (Å²) in [7, 11) is 1.69. The Balaban J connectivity index is 0.000000427. The number of carboxylic acids is 2. The van der Waals surface area contributed by atoms with Gasteiger partial charge in [0.2, 0.25) is 0 Å². The number of hydrogen-bond donors (Lipinski definition) is 3. The highest BCUT2D eigenvalue weighted by Gasteiger charge is 2.09. The van der Waals surface area contributed by atoms with Crippen molar-refractivity contribution in [3.05, 3.63) is 77.9 Å². The maximum Gasteiger partial charge on any atom is 0.414 e. The van der Waals surface area contributed by atoms with Crippen LogP contribution in [0.15, 0.2) is 66.7 Å². The third-order valence-electron chi connectivity index (χ3n) is 5.15. The van der Waals surface area contributed by atoms with E-state index in [-0.39, 0.29) is 0 Å². The van der Waals surface area contributed by atoms with Crippen molar-refractivity contribution in [3.63, 3.8) is 0 Å². The molecule has 166 valence electrons. The average Bonchev–Trinajstić information content (AvgIpc) is 3.13. The van der Waals surface area contributed by atoms with Crippen molar-refractivity contribution in [1.82, 2.24) is 9.88 Å². The number of aromatic nitrogens is 1. The lowest BCUT2D eigenvalue weighted by atomic mass is 10.1. The minimum atomic E-state index is -1.82. The summed E-state index contributed by atoms with van der Waals surface area (Å²) in [6.45, 7) is 4.89. The highest BCUT2D eigenvalue weighted by molar-refractivity contribution is 6.27. The first-order chi connectivity index (χ1) is 15.4. The van der Waals surface area contributed by atoms with Gasteiger partial charge >= 0.3 is 11.9 Å². The number of aliphatic carboxylic acids is 2. The van der Waals surface area contributed by atoms with Crippen molar-refractivity contribution < 1.29 is 24.5 Å². The molecule has 0 aliphatic rings. The molecule has 7 nitrogen and oxygen atoms in total. The molecule has 7 heteroatoms. The van der Waals surface area contributed by atoms with E-state index in [1.54, 1.807) is 7.11 Å². The SMILES string of the molecule is CCn1c2ccccc2c2cc(CNCc3ccc(OC)cc3)ccc21.O=C(O)C(=O)O. The van der Waals surface area contributed by atoms with E-state index in [9.17, 15) is 0 Å².